The zero-order valence-corrected chi connectivity index (χ0v) is 20.5. The number of carboxylic acids is 1. The largest absolute Gasteiger partial charge is 0.480 e. The van der Waals surface area contributed by atoms with E-state index in [-0.39, 0.29) is 36.9 Å². The molecule has 0 atom stereocenters. The Morgan fingerprint density at radius 3 is 2.61 bits per heavy atom. The molecule has 4 aromatic rings. The number of H-pyrrole nitrogens is 1. The SMILES string of the molecule is CC(=O)N1CCN(CC(=O)O)c2cc3c(cc21)N(c1ncc(F)cc1F)Cc1c[nH]c2c(=O)n(C)cc-3c12. The van der Waals surface area contributed by atoms with Gasteiger partial charge >= 0.3 is 5.97 Å². The van der Waals surface area contributed by atoms with Crippen molar-refractivity contribution < 1.29 is 23.5 Å². The minimum atomic E-state index is -1.03. The molecule has 3 aromatic heterocycles. The minimum Gasteiger partial charge on any atom is -0.480 e. The Hall–Kier alpha value is -4.74. The topological polar surface area (TPSA) is 115 Å². The Morgan fingerprint density at radius 2 is 1.89 bits per heavy atom. The number of aliphatic carboxylic acids is 1. The van der Waals surface area contributed by atoms with Gasteiger partial charge in [0.15, 0.2) is 11.6 Å². The van der Waals surface area contributed by atoms with Crippen molar-refractivity contribution in [2.45, 2.75) is 13.5 Å². The molecular weight excluding hydrogens is 498 g/mol. The molecule has 10 nitrogen and oxygen atoms in total. The molecule has 0 radical (unpaired) electrons. The van der Waals surface area contributed by atoms with E-state index in [2.05, 4.69) is 9.97 Å². The van der Waals surface area contributed by atoms with Gasteiger partial charge in [-0.15, -0.1) is 0 Å². The summed E-state index contributed by atoms with van der Waals surface area (Å²) in [6, 6.07) is 4.22. The van der Waals surface area contributed by atoms with Crippen LogP contribution in [0.4, 0.5) is 31.7 Å². The second-order valence-electron chi connectivity index (χ2n) is 9.41. The van der Waals surface area contributed by atoms with Crippen LogP contribution >= 0.6 is 0 Å². The molecule has 2 aliphatic heterocycles. The maximum absolute atomic E-state index is 15.1. The van der Waals surface area contributed by atoms with Crippen molar-refractivity contribution in [2.75, 3.05) is 34.3 Å². The Bertz CT molecular complexity index is 1730. The van der Waals surface area contributed by atoms with Crippen molar-refractivity contribution in [3.05, 3.63) is 64.3 Å². The van der Waals surface area contributed by atoms with Crippen LogP contribution in [-0.4, -0.2) is 51.2 Å². The van der Waals surface area contributed by atoms with Crippen molar-refractivity contribution in [1.29, 1.82) is 0 Å². The zero-order valence-electron chi connectivity index (χ0n) is 20.5. The van der Waals surface area contributed by atoms with E-state index >= 15 is 4.39 Å². The number of hydrogen-bond donors (Lipinski definition) is 2. The van der Waals surface area contributed by atoms with Gasteiger partial charge < -0.3 is 29.4 Å². The van der Waals surface area contributed by atoms with Crippen LogP contribution in [-0.2, 0) is 23.2 Å². The number of carbonyl (C=O) groups excluding carboxylic acids is 1. The molecule has 1 aromatic carbocycles. The van der Waals surface area contributed by atoms with E-state index in [1.165, 1.54) is 11.5 Å². The number of carbonyl (C=O) groups is 2. The summed E-state index contributed by atoms with van der Waals surface area (Å²) in [7, 11) is 1.62. The standard InChI is InChI=1S/C26H22F2N6O4/c1-13(35)33-4-3-32(12-22(36)37)20-6-16-17-11-31(2)26(38)24-23(17)14(8-29-24)10-34(19(16)7-21(20)33)25-18(28)5-15(27)9-30-25/h5-9,11,29H,3-4,10,12H2,1-2H3,(H,36,37). The number of aryl methyl sites for hydroxylation is 1. The third-order valence-electron chi connectivity index (χ3n) is 7.07. The Labute approximate surface area is 214 Å². The first kappa shape index (κ1) is 23.6. The summed E-state index contributed by atoms with van der Waals surface area (Å²) in [6.07, 6.45) is 4.28. The lowest BCUT2D eigenvalue weighted by molar-refractivity contribution is -0.135. The molecule has 12 heteroatoms. The predicted molar refractivity (Wildman–Crippen MR) is 137 cm³/mol. The van der Waals surface area contributed by atoms with Crippen molar-refractivity contribution in [3.8, 4) is 11.1 Å². The van der Waals surface area contributed by atoms with Gasteiger partial charge in [-0.1, -0.05) is 0 Å². The molecule has 5 heterocycles. The first-order valence-electron chi connectivity index (χ1n) is 11.9. The molecule has 0 bridgehead atoms. The van der Waals surface area contributed by atoms with Crippen LogP contribution in [0.3, 0.4) is 0 Å². The summed E-state index contributed by atoms with van der Waals surface area (Å²) >= 11 is 0. The fourth-order valence-corrected chi connectivity index (χ4v) is 5.40. The molecule has 0 aliphatic carbocycles. The van der Waals surface area contributed by atoms with Crippen molar-refractivity contribution in [1.82, 2.24) is 14.5 Å². The highest BCUT2D eigenvalue weighted by Gasteiger charge is 2.33. The maximum atomic E-state index is 15.1. The molecule has 0 saturated carbocycles. The summed E-state index contributed by atoms with van der Waals surface area (Å²) in [5, 5.41) is 10.2. The molecule has 6 rings (SSSR count). The second kappa shape index (κ2) is 8.40. The number of carboxylic acid groups (broad SMARTS) is 1. The number of aromatic amines is 1. The van der Waals surface area contributed by atoms with E-state index in [0.717, 1.165) is 12.3 Å². The first-order valence-corrected chi connectivity index (χ1v) is 11.9. The number of aromatic nitrogens is 3. The molecule has 194 valence electrons. The average molecular weight is 520 g/mol. The van der Waals surface area contributed by atoms with Gasteiger partial charge in [-0.05, 0) is 17.7 Å². The van der Waals surface area contributed by atoms with Crippen LogP contribution < -0.4 is 20.3 Å². The maximum Gasteiger partial charge on any atom is 0.323 e. The fourth-order valence-electron chi connectivity index (χ4n) is 5.40. The van der Waals surface area contributed by atoms with Crippen LogP contribution in [0.5, 0.6) is 0 Å². The van der Waals surface area contributed by atoms with E-state index in [0.29, 0.717) is 51.2 Å². The summed E-state index contributed by atoms with van der Waals surface area (Å²) in [5.41, 5.74) is 3.51. The highest BCUT2D eigenvalue weighted by molar-refractivity contribution is 6.06. The Kier molecular flexibility index (Phi) is 5.23. The number of rotatable bonds is 3. The number of anilines is 4. The summed E-state index contributed by atoms with van der Waals surface area (Å²) in [4.78, 5) is 49.0. The van der Waals surface area contributed by atoms with Gasteiger partial charge in [-0.3, -0.25) is 14.4 Å². The predicted octanol–water partition coefficient (Wildman–Crippen LogP) is 3.12. The molecule has 0 fully saturated rings. The Balaban J connectivity index is 1.71. The molecule has 0 spiro atoms. The number of halogens is 2. The number of nitrogens with one attached hydrogen (secondary N) is 1. The van der Waals surface area contributed by atoms with Crippen LogP contribution in [0.25, 0.3) is 22.0 Å². The van der Waals surface area contributed by atoms with Gasteiger partial charge in [-0.25, -0.2) is 13.8 Å². The first-order chi connectivity index (χ1) is 18.1. The molecule has 1 amide bonds. The van der Waals surface area contributed by atoms with Gasteiger partial charge in [-0.2, -0.15) is 0 Å². The van der Waals surface area contributed by atoms with E-state index in [1.54, 1.807) is 46.3 Å². The summed E-state index contributed by atoms with van der Waals surface area (Å²) in [6.45, 7) is 1.80. The summed E-state index contributed by atoms with van der Waals surface area (Å²) < 4.78 is 30.4. The Morgan fingerprint density at radius 1 is 1.11 bits per heavy atom. The number of pyridine rings is 2. The monoisotopic (exact) mass is 520 g/mol. The van der Waals surface area contributed by atoms with Crippen LogP contribution in [0.2, 0.25) is 0 Å². The lowest BCUT2D eigenvalue weighted by Gasteiger charge is -2.38. The number of benzene rings is 1. The third-order valence-corrected chi connectivity index (χ3v) is 7.07. The number of nitrogens with zero attached hydrogens (tertiary/aromatic N) is 5. The lowest BCUT2D eigenvalue weighted by atomic mass is 9.98. The van der Waals surface area contributed by atoms with Crippen LogP contribution in [0.15, 0.2) is 41.6 Å². The van der Waals surface area contributed by atoms with E-state index in [9.17, 15) is 23.9 Å². The zero-order chi connectivity index (χ0) is 26.9. The van der Waals surface area contributed by atoms with Gasteiger partial charge in [0.05, 0.1) is 29.8 Å². The molecule has 2 aliphatic rings. The van der Waals surface area contributed by atoms with Crippen molar-refractivity contribution in [3.63, 3.8) is 0 Å². The number of amides is 1. The summed E-state index contributed by atoms with van der Waals surface area (Å²) in [5.74, 6) is -3.09. The average Bonchev–Trinajstić information content (AvgIpc) is 3.23. The van der Waals surface area contributed by atoms with E-state index in [1.807, 2.05) is 0 Å². The number of hydrogen-bond acceptors (Lipinski definition) is 6. The molecular formula is C26H22F2N6O4. The smallest absolute Gasteiger partial charge is 0.323 e. The van der Waals surface area contributed by atoms with Gasteiger partial charge in [0.25, 0.3) is 5.56 Å². The quantitative estimate of drug-likeness (QED) is 0.427. The number of fused-ring (bicyclic) bond motifs is 3. The molecule has 2 N–H and O–H groups in total. The molecule has 38 heavy (non-hydrogen) atoms. The van der Waals surface area contributed by atoms with Crippen molar-refractivity contribution >= 4 is 45.7 Å². The van der Waals surface area contributed by atoms with Crippen molar-refractivity contribution in [2.24, 2.45) is 7.05 Å². The van der Waals surface area contributed by atoms with Gasteiger partial charge in [0.2, 0.25) is 5.91 Å². The highest BCUT2D eigenvalue weighted by atomic mass is 19.1. The van der Waals surface area contributed by atoms with Gasteiger partial charge in [0.1, 0.15) is 17.9 Å². The third kappa shape index (κ3) is 3.51. The van der Waals surface area contributed by atoms with Crippen LogP contribution in [0, 0.1) is 11.6 Å². The van der Waals surface area contributed by atoms with E-state index in [4.69, 9.17) is 0 Å². The van der Waals surface area contributed by atoms with E-state index < -0.39 is 17.6 Å². The molecule has 0 unspecified atom stereocenters. The van der Waals surface area contributed by atoms with Gasteiger partial charge in [0, 0.05) is 62.0 Å². The highest BCUT2D eigenvalue weighted by Crippen LogP contribution is 2.48. The lowest BCUT2D eigenvalue weighted by Crippen LogP contribution is -2.45. The fraction of sp³-hybridized carbons (Fsp3) is 0.231. The normalized spacial score (nSPS) is 14.4. The molecule has 0 saturated heterocycles. The minimum absolute atomic E-state index is 0.0976. The van der Waals surface area contributed by atoms with Crippen LogP contribution in [0.1, 0.15) is 12.5 Å². The second-order valence-corrected chi connectivity index (χ2v) is 9.41.